The maximum atomic E-state index is 9.52. The number of hydrogen-bond donors (Lipinski definition) is 0. The molecule has 0 unspecified atom stereocenters. The average Bonchev–Trinajstić information content (AvgIpc) is 4.06. The van der Waals surface area contributed by atoms with Crippen molar-refractivity contribution in [2.24, 2.45) is 0 Å². The number of para-hydroxylation sites is 3. The summed E-state index contributed by atoms with van der Waals surface area (Å²) in [6.45, 7) is 13.9. The number of anilines is 4. The summed E-state index contributed by atoms with van der Waals surface area (Å²) in [7, 11) is 0. The summed E-state index contributed by atoms with van der Waals surface area (Å²) in [5.74, 6) is 0.613. The van der Waals surface area contributed by atoms with E-state index in [-0.39, 0.29) is 91.6 Å². The van der Waals surface area contributed by atoms with E-state index in [1.165, 1.54) is 0 Å². The van der Waals surface area contributed by atoms with Crippen LogP contribution in [0.3, 0.4) is 0 Å². The van der Waals surface area contributed by atoms with Crippen LogP contribution < -0.4 is 14.5 Å². The van der Waals surface area contributed by atoms with Gasteiger partial charge in [0.1, 0.15) is 5.82 Å². The van der Waals surface area contributed by atoms with E-state index >= 15 is 0 Å². The largest absolute Gasteiger partial charge is 0.509 e. The molecule has 68 heavy (non-hydrogen) atoms. The van der Waals surface area contributed by atoms with Crippen LogP contribution in [0.1, 0.15) is 70.5 Å². The molecule has 0 atom stereocenters. The zero-order valence-electron chi connectivity index (χ0n) is 51.1. The molecule has 5 nitrogen and oxygen atoms in total. The van der Waals surface area contributed by atoms with Gasteiger partial charge in [-0.05, 0) is 79.9 Å². The van der Waals surface area contributed by atoms with Crippen LogP contribution in [-0.4, -0.2) is 9.55 Å². The predicted molar refractivity (Wildman–Crippen MR) is 278 cm³/mol. The van der Waals surface area contributed by atoms with E-state index in [2.05, 4.69) is 50.0 Å². The van der Waals surface area contributed by atoms with Crippen molar-refractivity contribution in [3.8, 4) is 50.7 Å². The summed E-state index contributed by atoms with van der Waals surface area (Å²) in [4.78, 5) is 8.44. The van der Waals surface area contributed by atoms with Crippen molar-refractivity contribution >= 4 is 44.6 Å². The van der Waals surface area contributed by atoms with E-state index in [0.717, 1.165) is 28.1 Å². The number of pyridine rings is 1. The van der Waals surface area contributed by atoms with Crippen LogP contribution in [0.5, 0.6) is 11.5 Å². The molecule has 0 radical (unpaired) electrons. The van der Waals surface area contributed by atoms with Crippen LogP contribution in [0.4, 0.5) is 22.7 Å². The number of benzene rings is 8. The molecule has 0 N–H and O–H groups in total. The molecule has 338 valence electrons. The molecule has 11 rings (SSSR count). The van der Waals surface area contributed by atoms with E-state index < -0.39 is 41.7 Å². The Bertz CT molecular complexity index is 4190. The molecule has 0 saturated heterocycles. The minimum absolute atomic E-state index is 0. The zero-order chi connectivity index (χ0) is 57.2. The van der Waals surface area contributed by atoms with Crippen molar-refractivity contribution in [3.05, 3.63) is 224 Å². The minimum Gasteiger partial charge on any atom is -0.509 e. The Kier molecular flexibility index (Phi) is 8.30. The number of hydrogen-bond acceptors (Lipinski definition) is 4. The Morgan fingerprint density at radius 3 is 1.96 bits per heavy atom. The Labute approximate surface area is 432 Å². The number of aromatic nitrogens is 2. The van der Waals surface area contributed by atoms with Crippen LogP contribution in [0.25, 0.3) is 61.0 Å². The molecule has 0 amide bonds. The van der Waals surface area contributed by atoms with Crippen molar-refractivity contribution in [2.45, 2.75) is 52.4 Å². The Morgan fingerprint density at radius 2 is 1.22 bits per heavy atom. The van der Waals surface area contributed by atoms with E-state index in [9.17, 15) is 1.37 Å². The van der Waals surface area contributed by atoms with Crippen molar-refractivity contribution in [3.63, 3.8) is 0 Å². The summed E-state index contributed by atoms with van der Waals surface area (Å²) < 4.78 is 122. The molecule has 1 aliphatic heterocycles. The molecule has 10 aromatic rings. The molecule has 6 heteroatoms. The summed E-state index contributed by atoms with van der Waals surface area (Å²) in [5, 5.41) is 1.17. The van der Waals surface area contributed by atoms with E-state index in [0.29, 0.717) is 55.6 Å². The Hall–Kier alpha value is -7.20. The fourth-order valence-corrected chi connectivity index (χ4v) is 8.55. The molecule has 8 aromatic carbocycles. The van der Waals surface area contributed by atoms with Gasteiger partial charge in [-0.1, -0.05) is 174 Å². The molecular weight excluding hydrogens is 1010 g/mol. The van der Waals surface area contributed by atoms with Gasteiger partial charge >= 0.3 is 0 Å². The second-order valence-electron chi connectivity index (χ2n) is 18.5. The Morgan fingerprint density at radius 1 is 0.559 bits per heavy atom. The van der Waals surface area contributed by atoms with Crippen molar-refractivity contribution in [1.29, 1.82) is 0 Å². The van der Waals surface area contributed by atoms with Crippen molar-refractivity contribution in [1.82, 2.24) is 9.55 Å². The first kappa shape index (κ1) is 31.7. The SMILES string of the molecule is [2H]c1nc(-n2c3[c-]c(Oc4[c-]c(N5[CH-]N(c6c(-c7cccc(C(C)(C)C)c7)cccc6-c6c([2H])c([2H])c([2H])c([2H])c6[2H])c6ccccc65)ccc4)ccc3c3cc(-c4c([2H])c([2H])c([2H])c([2H])c4[2H])ccc32)c([2H])c(C(C)(C)C)c1[2H].[Pt]. The fourth-order valence-electron chi connectivity index (χ4n) is 8.55. The molecule has 0 fully saturated rings. The molecule has 1 aliphatic rings. The number of rotatable bonds is 8. The molecular formula is C62H51N4OPt-3. The fraction of sp³-hybridized carbons (Fsp3) is 0.129. The third kappa shape index (κ3) is 8.30. The minimum atomic E-state index is -0.716. The molecule has 2 aromatic heterocycles. The topological polar surface area (TPSA) is 33.5 Å². The predicted octanol–water partition coefficient (Wildman–Crippen LogP) is 16.6. The quantitative estimate of drug-likeness (QED) is 0.142. The maximum Gasteiger partial charge on any atom is 0.135 e. The molecule has 3 heterocycles. The van der Waals surface area contributed by atoms with Crippen LogP contribution >= 0.6 is 0 Å². The van der Waals surface area contributed by atoms with Gasteiger partial charge in [-0.3, -0.25) is 0 Å². The summed E-state index contributed by atoms with van der Waals surface area (Å²) in [6.07, 6.45) is -0.326. The van der Waals surface area contributed by atoms with Gasteiger partial charge in [0.15, 0.2) is 0 Å². The van der Waals surface area contributed by atoms with Crippen molar-refractivity contribution in [2.75, 3.05) is 9.80 Å². The molecule has 0 saturated carbocycles. The summed E-state index contributed by atoms with van der Waals surface area (Å²) in [5.41, 5.74) is 6.57. The normalized spacial score (nSPS) is 15.3. The van der Waals surface area contributed by atoms with E-state index in [1.54, 1.807) is 47.0 Å². The maximum absolute atomic E-state index is 9.52. The molecule has 0 aliphatic carbocycles. The number of fused-ring (bicyclic) bond motifs is 4. The van der Waals surface area contributed by atoms with Crippen LogP contribution in [0, 0.1) is 18.8 Å². The van der Waals surface area contributed by atoms with Gasteiger partial charge in [0, 0.05) is 72.4 Å². The monoisotopic (exact) mass is 1080 g/mol. The third-order valence-electron chi connectivity index (χ3n) is 11.9. The molecule has 0 bridgehead atoms. The van der Waals surface area contributed by atoms with E-state index in [1.807, 2.05) is 97.9 Å². The Balaban J connectivity index is 0.00000736. The average molecular weight is 1080 g/mol. The van der Waals surface area contributed by atoms with Gasteiger partial charge in [-0.2, -0.15) is 12.1 Å². The third-order valence-corrected chi connectivity index (χ3v) is 11.9. The van der Waals surface area contributed by atoms with E-state index in [4.69, 9.17) is 21.2 Å². The van der Waals surface area contributed by atoms with Crippen LogP contribution in [0.15, 0.2) is 194 Å². The standard InChI is InChI=1S/C62H51N4O.Pt/c1-61(2,3)46-23-15-22-45(36-46)52-27-17-26-51(43-20-11-8-12-21-43)60(52)65-41-64(56-28-13-14-29-57(56)65)48-24-16-25-49(39-48)67-50-31-32-53-54-37-44(42-18-9-7-10-19-42)30-33-55(54)66(58(53)40-50)59-38-47(34-35-63-59)62(4,5)6;/h7-38,41H,1-6H3;/q-3;/i7D,8D,9D,10D,11D,12D,18D,19D,20D,21D,34D,35D,38D;. The number of ether oxygens (including phenoxy) is 1. The van der Waals surface area contributed by atoms with Crippen molar-refractivity contribution < 1.29 is 43.6 Å². The van der Waals surface area contributed by atoms with Crippen LogP contribution in [0.2, 0.25) is 0 Å². The summed E-state index contributed by atoms with van der Waals surface area (Å²) in [6, 6.07) is 38.0. The first-order chi connectivity index (χ1) is 37.9. The first-order valence-electron chi connectivity index (χ1n) is 28.5. The van der Waals surface area contributed by atoms with Crippen LogP contribution in [-0.2, 0) is 31.9 Å². The summed E-state index contributed by atoms with van der Waals surface area (Å²) >= 11 is 0. The second kappa shape index (κ2) is 17.8. The number of nitrogens with zero attached hydrogens (tertiary/aromatic N) is 4. The van der Waals surface area contributed by atoms with Gasteiger partial charge in [0.05, 0.1) is 17.8 Å². The van der Waals surface area contributed by atoms with Gasteiger partial charge in [-0.25, -0.2) is 4.98 Å². The first-order valence-corrected chi connectivity index (χ1v) is 22.0. The second-order valence-corrected chi connectivity index (χ2v) is 18.5. The smallest absolute Gasteiger partial charge is 0.135 e. The van der Waals surface area contributed by atoms with Gasteiger partial charge in [-0.15, -0.1) is 48.1 Å². The van der Waals surface area contributed by atoms with Gasteiger partial charge in [0.2, 0.25) is 0 Å². The zero-order valence-corrected chi connectivity index (χ0v) is 40.3. The van der Waals surface area contributed by atoms with Gasteiger partial charge < -0.3 is 19.1 Å². The molecule has 0 spiro atoms. The van der Waals surface area contributed by atoms with Gasteiger partial charge in [0.25, 0.3) is 0 Å².